The van der Waals surface area contributed by atoms with Crippen LogP contribution < -0.4 is 38.5 Å². The topological polar surface area (TPSA) is 460 Å². The lowest BCUT2D eigenvalue weighted by Gasteiger charge is -2.31. The zero-order valence-corrected chi connectivity index (χ0v) is 79.7. The molecule has 13 N–H and O–H groups in total. The number of ether oxygens (including phenoxy) is 5. The van der Waals surface area contributed by atoms with Crippen LogP contribution >= 0.6 is 0 Å². The van der Waals surface area contributed by atoms with Gasteiger partial charge in [0.25, 0.3) is 0 Å². The molecule has 0 spiro atoms. The number of pyridine rings is 1. The van der Waals surface area contributed by atoms with Crippen molar-refractivity contribution in [3.8, 4) is 0 Å². The van der Waals surface area contributed by atoms with Gasteiger partial charge in [-0.1, -0.05) is 140 Å². The van der Waals surface area contributed by atoms with Gasteiger partial charge in [0, 0.05) is 114 Å². The molecule has 2 heterocycles. The SMILES string of the molecule is CCCCOC[C@@H](NC(=O)O[C@H]1CCOC1)C(=O)N(Cc1cccc(CC)c1)C[C@@H](O)[C@@H](N)Cc1cc(F)cc(F)c1.CCCCS(=O)(=O)C[C@@H](NC(=O)OCCNC(C)=O)C(=O)N(Cc1cccc(CC)c1)C[C@@H](O)[C@@H](N)Cc1cc(F)cc(F)c1.CCCCS(=O)(=O)C[C@@H](NC(=O)OCc1cccnc1)C(=O)N(Cc1cccc(CC)c1)C[C@@H](O)[C@@H](N)Cc1cc(F)cc(F)c1.O=S. The Kier molecular flexibility index (Phi) is 51.7. The molecular formula is C95H129F6N11O20S3. The van der Waals surface area contributed by atoms with Crippen LogP contribution in [0.4, 0.5) is 40.7 Å². The third kappa shape index (κ3) is 44.4. The van der Waals surface area contributed by atoms with E-state index in [1.807, 2.05) is 96.1 Å². The Labute approximate surface area is 791 Å². The lowest BCUT2D eigenvalue weighted by molar-refractivity contribution is -0.137. The summed E-state index contributed by atoms with van der Waals surface area (Å²) in [6.07, 6.45) is 2.00. The number of nitrogens with zero attached hydrogens (tertiary/aromatic N) is 4. The number of benzene rings is 6. The molecule has 0 bridgehead atoms. The fraction of sp³-hybridized carbons (Fsp3) is 0.495. The van der Waals surface area contributed by atoms with E-state index in [-0.39, 0.29) is 126 Å². The first kappa shape index (κ1) is 115. The van der Waals surface area contributed by atoms with E-state index in [1.54, 1.807) is 36.5 Å². The molecule has 0 radical (unpaired) electrons. The number of hydrogen-bond acceptors (Lipinski definition) is 25. The molecule has 1 aliphatic rings. The second-order valence-electron chi connectivity index (χ2n) is 32.7. The zero-order valence-electron chi connectivity index (χ0n) is 77.2. The maximum Gasteiger partial charge on any atom is 0.408 e. The number of halogens is 6. The highest BCUT2D eigenvalue weighted by Gasteiger charge is 2.37. The smallest absolute Gasteiger partial charge is 0.408 e. The van der Waals surface area contributed by atoms with E-state index in [0.717, 1.165) is 96.5 Å². The second-order valence-corrected chi connectivity index (χ2v) is 37.2. The first-order valence-corrected chi connectivity index (χ1v) is 48.7. The molecule has 744 valence electrons. The molecule has 0 saturated carbocycles. The number of carbonyl (C=O) groups excluding carboxylic acids is 7. The standard InChI is InChI=1S/C33H42F2N4O6S.C31H44F2N4O7S.C31H43F2N3O6.OS/c1-3-5-12-46(43,44)22-30(38-33(42)45-21-25-10-7-11-37-18-25)32(41)39(19-24-9-6-8-23(4-2)13-24)20-31(40)29(36)16-26-14-27(34)17-28(35)15-26;1-4-6-12-45(42,43)20-28(36-31(41)44-11-10-35-21(3)38)30(40)37(18-23-9-7-8-22(5-2)13-23)19-29(39)27(34)16-24-14-25(32)17-26(33)15-24;1-3-5-10-40-20-28(35-31(39)42-26-9-11-41-19-26)30(38)36(17-22-8-6-7-21(4-2)12-22)18-29(37)27(34)15-23-13-24(32)16-25(33)14-23;1-2/h6-11,13-15,17-18,29-31,40H,3-5,12,16,19-22,36H2,1-2H3,(H,38,42);7-9,13-15,17,27-29,39H,4-6,10-12,16,18-20,34H2,1-3H3,(H,35,38)(H,36,41);6-8,12-14,16,26-29,37H,3-5,9-11,15,17-20,34H2,1-2H3,(H,35,39);/t29-,30+,31+;27-,28+,29+;26-,27-,28+,29+;/m000./s1. The van der Waals surface area contributed by atoms with Gasteiger partial charge in [-0.2, -0.15) is 4.21 Å². The first-order chi connectivity index (χ1) is 64.3. The predicted octanol–water partition coefficient (Wildman–Crippen LogP) is 9.07. The number of aryl methyl sites for hydroxylation is 3. The summed E-state index contributed by atoms with van der Waals surface area (Å²) < 4.78 is 169. The van der Waals surface area contributed by atoms with Gasteiger partial charge >= 0.3 is 18.3 Å². The van der Waals surface area contributed by atoms with Crippen molar-refractivity contribution in [3.05, 3.63) is 242 Å². The van der Waals surface area contributed by atoms with Gasteiger partial charge < -0.3 is 92.2 Å². The lowest BCUT2D eigenvalue weighted by Crippen LogP contribution is -2.55. The Morgan fingerprint density at radius 2 is 0.844 bits per heavy atom. The Morgan fingerprint density at radius 3 is 1.19 bits per heavy atom. The van der Waals surface area contributed by atoms with Gasteiger partial charge in [0.05, 0.1) is 67.7 Å². The molecule has 1 aliphatic heterocycles. The monoisotopic (exact) mass is 1950 g/mol. The number of nitrogens with two attached hydrogens (primary N) is 3. The van der Waals surface area contributed by atoms with Crippen molar-refractivity contribution >= 4 is 74.1 Å². The molecule has 31 nitrogen and oxygen atoms in total. The molecule has 0 unspecified atom stereocenters. The number of aliphatic hydroxyl groups is 3. The van der Waals surface area contributed by atoms with E-state index in [4.69, 9.17) is 45.1 Å². The first-order valence-electron chi connectivity index (χ1n) is 44.7. The van der Waals surface area contributed by atoms with Crippen molar-refractivity contribution in [2.45, 2.75) is 219 Å². The number of rotatable bonds is 51. The van der Waals surface area contributed by atoms with Crippen LogP contribution in [0, 0.1) is 34.9 Å². The molecule has 0 aliphatic carbocycles. The quantitative estimate of drug-likeness (QED) is 0.00964. The van der Waals surface area contributed by atoms with Gasteiger partial charge in [0.15, 0.2) is 32.2 Å². The van der Waals surface area contributed by atoms with E-state index in [0.29, 0.717) is 74.5 Å². The molecular weight excluding hydrogens is 1830 g/mol. The van der Waals surface area contributed by atoms with Crippen LogP contribution in [0.3, 0.4) is 0 Å². The number of hydrogen-bond donors (Lipinski definition) is 10. The van der Waals surface area contributed by atoms with Gasteiger partial charge in [-0.25, -0.2) is 57.6 Å². The number of nitrogens with one attached hydrogen (secondary N) is 4. The van der Waals surface area contributed by atoms with Crippen molar-refractivity contribution < 1.29 is 120 Å². The maximum absolute atomic E-state index is 14.1. The highest BCUT2D eigenvalue weighted by atomic mass is 32.2. The maximum atomic E-state index is 14.1. The molecule has 1 aromatic heterocycles. The van der Waals surface area contributed by atoms with Gasteiger partial charge in [-0.3, -0.25) is 24.2 Å². The van der Waals surface area contributed by atoms with Crippen molar-refractivity contribution in [1.82, 2.24) is 41.0 Å². The third-order valence-electron chi connectivity index (χ3n) is 21.3. The summed E-state index contributed by atoms with van der Waals surface area (Å²) in [6, 6.07) is 27.4. The molecule has 10 atom stereocenters. The summed E-state index contributed by atoms with van der Waals surface area (Å²) in [5.41, 5.74) is 25.2. The predicted molar refractivity (Wildman–Crippen MR) is 498 cm³/mol. The Balaban J connectivity index is 0.000000355. The minimum atomic E-state index is -3.81. The summed E-state index contributed by atoms with van der Waals surface area (Å²) >= 11 is 2.83. The number of amides is 7. The van der Waals surface area contributed by atoms with E-state index in [2.05, 4.69) is 38.8 Å². The number of aromatic nitrogens is 1. The summed E-state index contributed by atoms with van der Waals surface area (Å²) in [5.74, 6) is -8.89. The number of alkyl carbamates (subject to hydrolysis) is 3. The molecule has 135 heavy (non-hydrogen) atoms. The van der Waals surface area contributed by atoms with Gasteiger partial charge in [-0.05, 0) is 150 Å². The van der Waals surface area contributed by atoms with Crippen molar-refractivity contribution in [2.75, 3.05) is 82.2 Å². The fourth-order valence-corrected chi connectivity index (χ4v) is 17.3. The molecule has 6 aromatic carbocycles. The Morgan fingerprint density at radius 1 is 0.481 bits per heavy atom. The highest BCUT2D eigenvalue weighted by molar-refractivity contribution is 7.91. The number of aliphatic hydroxyl groups excluding tert-OH is 3. The molecule has 1 fully saturated rings. The number of carbonyl (C=O) groups is 7. The molecule has 8 rings (SSSR count). The largest absolute Gasteiger partial charge is 0.448 e. The summed E-state index contributed by atoms with van der Waals surface area (Å²) in [5, 5.41) is 43.0. The minimum Gasteiger partial charge on any atom is -0.448 e. The van der Waals surface area contributed by atoms with Crippen LogP contribution in [0.15, 0.2) is 152 Å². The second kappa shape index (κ2) is 60.7. The summed E-state index contributed by atoms with van der Waals surface area (Å²) in [7, 11) is -7.61. The molecule has 1 saturated heterocycles. The van der Waals surface area contributed by atoms with Gasteiger partial charge in [-0.15, -0.1) is 0 Å². The average Bonchev–Trinajstić information content (AvgIpc) is 1.32. The van der Waals surface area contributed by atoms with Crippen molar-refractivity contribution in [3.63, 3.8) is 0 Å². The van der Waals surface area contributed by atoms with Crippen LogP contribution in [-0.4, -0.2) is 241 Å². The number of sulfone groups is 2. The van der Waals surface area contributed by atoms with Crippen LogP contribution in [0.2, 0.25) is 0 Å². The minimum absolute atomic E-state index is 0.00928. The lowest BCUT2D eigenvalue weighted by atomic mass is 10.0. The highest BCUT2D eigenvalue weighted by Crippen LogP contribution is 2.22. The van der Waals surface area contributed by atoms with Crippen LogP contribution in [0.25, 0.3) is 0 Å². The van der Waals surface area contributed by atoms with E-state index >= 15 is 0 Å². The number of unbranched alkanes of at least 4 members (excludes halogenated alkanes) is 3. The van der Waals surface area contributed by atoms with Crippen LogP contribution in [-0.2, 0) is 140 Å². The Bertz CT molecular complexity index is 5030. The van der Waals surface area contributed by atoms with Gasteiger partial charge in [0.2, 0.25) is 23.6 Å². The van der Waals surface area contributed by atoms with Crippen LogP contribution in [0.5, 0.6) is 0 Å². The summed E-state index contributed by atoms with van der Waals surface area (Å²) in [4.78, 5) is 99.1. The third-order valence-corrected chi connectivity index (χ3v) is 24.8. The van der Waals surface area contributed by atoms with E-state index in [9.17, 15) is 92.1 Å². The normalized spacial score (nSPS) is 14.3. The fourth-order valence-electron chi connectivity index (χ4n) is 14.0. The Hall–Kier alpha value is -10.7. The molecule has 7 aromatic rings. The average molecular weight is 1960 g/mol. The van der Waals surface area contributed by atoms with Crippen LogP contribution in [0.1, 0.15) is 149 Å². The van der Waals surface area contributed by atoms with Gasteiger partial charge in [0.1, 0.15) is 72.3 Å². The van der Waals surface area contributed by atoms with Crippen molar-refractivity contribution in [2.24, 2.45) is 17.2 Å². The molecule has 40 heteroatoms. The zero-order chi connectivity index (χ0) is 99.7. The van der Waals surface area contributed by atoms with E-state index in [1.165, 1.54) is 27.8 Å². The van der Waals surface area contributed by atoms with E-state index < -0.39 is 163 Å². The summed E-state index contributed by atoms with van der Waals surface area (Å²) in [6.45, 7) is 12.7. The molecule has 7 amide bonds. The van der Waals surface area contributed by atoms with Crippen molar-refractivity contribution in [1.29, 1.82) is 0 Å².